The third-order valence-corrected chi connectivity index (χ3v) is 12.2. The number of unbranched alkanes of at least 4 members (excludes halogenated alkanes) is 24. The lowest BCUT2D eigenvalue weighted by molar-refractivity contribution is -0.305. The first kappa shape index (κ1) is 57.1. The average Bonchev–Trinajstić information content (AvgIpc) is 3.26. The Morgan fingerprint density at radius 1 is 0.484 bits per heavy atom. The molecule has 2 aromatic carbocycles. The molecular weight excluding hydrogens is 875 g/mol. The van der Waals surface area contributed by atoms with Crippen molar-refractivity contribution in [1.82, 2.24) is 0 Å². The maximum atomic E-state index is 13.6. The number of ether oxygens (including phenoxy) is 4. The number of carboxylic acid groups (broad SMARTS) is 1. The van der Waals surface area contributed by atoms with Gasteiger partial charge in [-0.25, -0.2) is 0 Å². The molecule has 12 heteroatoms. The summed E-state index contributed by atoms with van der Waals surface area (Å²) in [4.78, 5) is 51.1. The minimum atomic E-state index is -1.33. The van der Waals surface area contributed by atoms with E-state index in [1.54, 1.807) is 24.3 Å². The Morgan fingerprint density at radius 2 is 0.891 bits per heavy atom. The molecule has 0 N–H and O–H groups in total. The number of hydrogen-bond acceptors (Lipinski definition) is 9. The Kier molecular flexibility index (Phi) is 33.1. The van der Waals surface area contributed by atoms with Crippen molar-refractivity contribution in [3.63, 3.8) is 0 Å². The Balaban J connectivity index is 2.13. The molecule has 64 heavy (non-hydrogen) atoms. The second kappa shape index (κ2) is 37.1. The van der Waals surface area contributed by atoms with Crippen LogP contribution in [0.25, 0.3) is 0 Å². The predicted octanol–water partition coefficient (Wildman–Crippen LogP) is 15.4. The van der Waals surface area contributed by atoms with E-state index >= 15 is 0 Å². The second-order valence-corrected chi connectivity index (χ2v) is 18.5. The highest BCUT2D eigenvalue weighted by Gasteiger charge is 2.34. The van der Waals surface area contributed by atoms with Gasteiger partial charge in [0.1, 0.15) is 18.1 Å². The van der Waals surface area contributed by atoms with Crippen molar-refractivity contribution in [3.05, 3.63) is 57.0 Å². The summed E-state index contributed by atoms with van der Waals surface area (Å²) in [6.45, 7) is 4.04. The van der Waals surface area contributed by atoms with Crippen LogP contribution in [-0.2, 0) is 33.4 Å². The lowest BCUT2D eigenvalue weighted by atomic mass is 10.0. The van der Waals surface area contributed by atoms with Crippen LogP contribution in [0.3, 0.4) is 0 Å². The molecule has 0 aliphatic carbocycles. The van der Waals surface area contributed by atoms with Gasteiger partial charge < -0.3 is 28.8 Å². The van der Waals surface area contributed by atoms with E-state index in [1.165, 1.54) is 128 Å². The van der Waals surface area contributed by atoms with E-state index in [-0.39, 0.29) is 59.2 Å². The molecule has 2 unspecified atom stereocenters. The molecule has 0 aliphatic rings. The number of carbonyl (C=O) groups excluding carboxylic acids is 4. The molecule has 0 aliphatic heterocycles. The first-order valence-electron chi connectivity index (χ1n) is 24.7. The van der Waals surface area contributed by atoms with E-state index in [9.17, 15) is 24.3 Å². The van der Waals surface area contributed by atoms with Crippen molar-refractivity contribution >= 4 is 58.7 Å². The van der Waals surface area contributed by atoms with E-state index in [4.69, 9.17) is 53.8 Å². The number of carbonyl (C=O) groups is 4. The zero-order chi connectivity index (χ0) is 46.6. The number of benzene rings is 2. The number of carboxylic acids is 1. The molecule has 9 nitrogen and oxygen atoms in total. The van der Waals surface area contributed by atoms with E-state index in [0.717, 1.165) is 38.5 Å². The zero-order valence-corrected chi connectivity index (χ0v) is 41.3. The normalized spacial score (nSPS) is 12.1. The lowest BCUT2D eigenvalue weighted by Crippen LogP contribution is -2.34. The van der Waals surface area contributed by atoms with Gasteiger partial charge in [0.15, 0.2) is 12.2 Å². The van der Waals surface area contributed by atoms with Crippen molar-refractivity contribution in [2.75, 3.05) is 6.61 Å². The first-order chi connectivity index (χ1) is 31.0. The van der Waals surface area contributed by atoms with Gasteiger partial charge >= 0.3 is 17.9 Å². The van der Waals surface area contributed by atoms with Gasteiger partial charge in [0.05, 0.1) is 5.02 Å². The van der Waals surface area contributed by atoms with Crippen LogP contribution in [0.1, 0.15) is 225 Å². The lowest BCUT2D eigenvalue weighted by Gasteiger charge is -2.29. The Hall–Kier alpha value is -3.01. The molecule has 0 bridgehead atoms. The van der Waals surface area contributed by atoms with Crippen LogP contribution in [0, 0.1) is 0 Å². The first-order valence-corrected chi connectivity index (χ1v) is 25.8. The van der Waals surface area contributed by atoms with Crippen molar-refractivity contribution in [2.24, 2.45) is 0 Å². The zero-order valence-electron chi connectivity index (χ0n) is 39.1. The van der Waals surface area contributed by atoms with Gasteiger partial charge in [0, 0.05) is 40.8 Å². The third kappa shape index (κ3) is 28.1. The van der Waals surface area contributed by atoms with E-state index < -0.39 is 42.7 Å². The Morgan fingerprint density at radius 3 is 1.36 bits per heavy atom. The molecule has 0 amide bonds. The van der Waals surface area contributed by atoms with Crippen LogP contribution >= 0.6 is 34.8 Å². The van der Waals surface area contributed by atoms with Gasteiger partial charge in [-0.05, 0) is 62.1 Å². The molecular formula is C52H78Cl3O9-. The highest BCUT2D eigenvalue weighted by Crippen LogP contribution is 2.39. The van der Waals surface area contributed by atoms with Crippen LogP contribution in [0.5, 0.6) is 11.5 Å². The summed E-state index contributed by atoms with van der Waals surface area (Å²) in [5.74, 6) is -2.63. The fraction of sp³-hybridized carbons (Fsp3) is 0.692. The fourth-order valence-corrected chi connectivity index (χ4v) is 8.29. The van der Waals surface area contributed by atoms with Crippen molar-refractivity contribution < 1.29 is 43.2 Å². The van der Waals surface area contributed by atoms with Gasteiger partial charge in [-0.1, -0.05) is 203 Å². The van der Waals surface area contributed by atoms with Crippen LogP contribution in [0.15, 0.2) is 36.4 Å². The van der Waals surface area contributed by atoms with Crippen molar-refractivity contribution in [1.29, 1.82) is 0 Å². The summed E-state index contributed by atoms with van der Waals surface area (Å²) >= 11 is 19.2. The summed E-state index contributed by atoms with van der Waals surface area (Å²) in [5, 5.41) is 12.0. The molecule has 2 aromatic rings. The molecule has 0 saturated heterocycles. The molecule has 0 radical (unpaired) electrons. The number of aliphatic carboxylic acids is 1. The molecule has 0 heterocycles. The van der Waals surface area contributed by atoms with E-state index in [1.807, 2.05) is 0 Å². The highest BCUT2D eigenvalue weighted by atomic mass is 35.5. The molecule has 0 spiro atoms. The van der Waals surface area contributed by atoms with Crippen LogP contribution in [0.4, 0.5) is 0 Å². The Labute approximate surface area is 400 Å². The smallest absolute Gasteiger partial charge is 0.306 e. The number of halogens is 3. The number of hydrogen-bond donors (Lipinski definition) is 0. The van der Waals surface area contributed by atoms with Gasteiger partial charge in [0.25, 0.3) is 0 Å². The molecule has 0 saturated carbocycles. The van der Waals surface area contributed by atoms with Gasteiger partial charge in [-0.15, -0.1) is 0 Å². The quantitative estimate of drug-likeness (QED) is 0.0364. The summed E-state index contributed by atoms with van der Waals surface area (Å²) in [5.41, 5.74) is 0.248. The summed E-state index contributed by atoms with van der Waals surface area (Å²) in [7, 11) is 0. The maximum absolute atomic E-state index is 13.6. The predicted molar refractivity (Wildman–Crippen MR) is 257 cm³/mol. The van der Waals surface area contributed by atoms with Gasteiger partial charge in [-0.3, -0.25) is 14.4 Å². The van der Waals surface area contributed by atoms with Crippen molar-refractivity contribution in [2.45, 2.75) is 225 Å². The number of rotatable bonds is 40. The maximum Gasteiger partial charge on any atom is 0.306 e. The highest BCUT2D eigenvalue weighted by molar-refractivity contribution is 6.35. The van der Waals surface area contributed by atoms with Gasteiger partial charge in [0.2, 0.25) is 0 Å². The molecule has 0 fully saturated rings. The standard InChI is InChI=1S/C52H79Cl3O9/c1-3-5-7-9-11-13-15-17-19-21-23-25-27-31-49(58)61-40-47(63-50(59)33-29-30-48(56)57)52(43-38-41(53)34-36-45(43)62-46-37-35-42(54)39-44(46)55)64-51(60)32-28-26-24-22-20-18-16-14-12-10-8-6-4-2/h34-39,47,52H,3-33,40H2,1-2H3,(H,56,57)/p-1. The summed E-state index contributed by atoms with van der Waals surface area (Å²) in [6.07, 6.45) is 27.3. The van der Waals surface area contributed by atoms with Crippen LogP contribution < -0.4 is 9.84 Å². The second-order valence-electron chi connectivity index (χ2n) is 17.2. The SMILES string of the molecule is CCCCCCCCCCCCCCCC(=O)OCC(OC(=O)CCCC(=O)[O-])C(OC(=O)CCCCCCCCCCCCCCC)c1cc(Cl)ccc1Oc1ccc(Cl)cc1Cl. The fourth-order valence-electron chi connectivity index (χ4n) is 7.66. The molecule has 362 valence electrons. The van der Waals surface area contributed by atoms with Crippen LogP contribution in [0.2, 0.25) is 15.1 Å². The molecule has 2 rings (SSSR count). The van der Waals surface area contributed by atoms with E-state index in [0.29, 0.717) is 17.9 Å². The largest absolute Gasteiger partial charge is 0.550 e. The minimum absolute atomic E-state index is 0.0309. The number of esters is 3. The minimum Gasteiger partial charge on any atom is -0.550 e. The third-order valence-electron chi connectivity index (χ3n) is 11.4. The average molecular weight is 954 g/mol. The molecule has 0 aromatic heterocycles. The van der Waals surface area contributed by atoms with E-state index in [2.05, 4.69) is 13.8 Å². The van der Waals surface area contributed by atoms with Crippen LogP contribution in [-0.4, -0.2) is 36.6 Å². The monoisotopic (exact) mass is 951 g/mol. The molecule has 2 atom stereocenters. The summed E-state index contributed by atoms with van der Waals surface area (Å²) < 4.78 is 24.0. The van der Waals surface area contributed by atoms with Crippen molar-refractivity contribution in [3.8, 4) is 11.5 Å². The Bertz CT molecular complexity index is 1590. The topological polar surface area (TPSA) is 128 Å². The van der Waals surface area contributed by atoms with Gasteiger partial charge in [-0.2, -0.15) is 0 Å². The summed E-state index contributed by atoms with van der Waals surface area (Å²) in [6, 6.07) is 9.43.